The van der Waals surface area contributed by atoms with Crippen molar-refractivity contribution in [1.29, 1.82) is 0 Å². The van der Waals surface area contributed by atoms with E-state index < -0.39 is 0 Å². The summed E-state index contributed by atoms with van der Waals surface area (Å²) in [7, 11) is 0. The van der Waals surface area contributed by atoms with Gasteiger partial charge in [-0.2, -0.15) is 0 Å². The predicted molar refractivity (Wildman–Crippen MR) is 61.8 cm³/mol. The Kier molecular flexibility index (Phi) is 3.41. The molecule has 0 radical (unpaired) electrons. The summed E-state index contributed by atoms with van der Waals surface area (Å²) < 4.78 is 0. The molecule has 3 N–H and O–H groups in total. The minimum absolute atomic E-state index is 0.532. The third kappa shape index (κ3) is 2.81. The second kappa shape index (κ2) is 4.79. The van der Waals surface area contributed by atoms with Crippen molar-refractivity contribution < 1.29 is 0 Å². The first-order valence-corrected chi connectivity index (χ1v) is 5.47. The van der Waals surface area contributed by atoms with Crippen LogP contribution in [-0.2, 0) is 6.54 Å². The van der Waals surface area contributed by atoms with Gasteiger partial charge in [-0.1, -0.05) is 11.6 Å². The van der Waals surface area contributed by atoms with Crippen molar-refractivity contribution in [1.82, 2.24) is 15.2 Å². The molecular weight excluding hydrogens is 212 g/mol. The Balaban J connectivity index is 2.05. The summed E-state index contributed by atoms with van der Waals surface area (Å²) in [6.07, 6.45) is 0. The molecule has 1 aliphatic heterocycles. The molecule has 0 aromatic carbocycles. The molecule has 0 spiro atoms. The summed E-state index contributed by atoms with van der Waals surface area (Å²) in [6, 6.07) is 3.53. The summed E-state index contributed by atoms with van der Waals surface area (Å²) in [5, 5.41) is 4.00. The SMILES string of the molecule is Nc1ccc(Cl)c(CN2CCNCC2)n1. The van der Waals surface area contributed by atoms with E-state index in [4.69, 9.17) is 17.3 Å². The molecule has 1 aromatic heterocycles. The Morgan fingerprint density at radius 1 is 1.40 bits per heavy atom. The zero-order chi connectivity index (χ0) is 10.7. The smallest absolute Gasteiger partial charge is 0.123 e. The second-order valence-electron chi connectivity index (χ2n) is 3.69. The van der Waals surface area contributed by atoms with E-state index >= 15 is 0 Å². The fourth-order valence-electron chi connectivity index (χ4n) is 1.69. The fraction of sp³-hybridized carbons (Fsp3) is 0.500. The molecule has 0 saturated carbocycles. The van der Waals surface area contributed by atoms with Crippen LogP contribution in [0, 0.1) is 0 Å². The molecular formula is C10H15ClN4. The minimum atomic E-state index is 0.532. The van der Waals surface area contributed by atoms with Crippen LogP contribution in [0.25, 0.3) is 0 Å². The van der Waals surface area contributed by atoms with Gasteiger partial charge in [0.25, 0.3) is 0 Å². The van der Waals surface area contributed by atoms with Gasteiger partial charge in [-0.3, -0.25) is 4.90 Å². The number of nitrogens with two attached hydrogens (primary N) is 1. The van der Waals surface area contributed by atoms with Crippen LogP contribution in [0.2, 0.25) is 5.02 Å². The Bertz CT molecular complexity index is 336. The van der Waals surface area contributed by atoms with E-state index in [0.29, 0.717) is 10.8 Å². The maximum absolute atomic E-state index is 6.06. The van der Waals surface area contributed by atoms with Gasteiger partial charge in [-0.15, -0.1) is 0 Å². The van der Waals surface area contributed by atoms with Crippen molar-refractivity contribution >= 4 is 17.4 Å². The van der Waals surface area contributed by atoms with Crippen LogP contribution >= 0.6 is 11.6 Å². The molecule has 0 unspecified atom stereocenters. The molecule has 2 heterocycles. The second-order valence-corrected chi connectivity index (χ2v) is 4.10. The molecule has 1 fully saturated rings. The number of hydrogen-bond acceptors (Lipinski definition) is 4. The molecule has 5 heteroatoms. The largest absolute Gasteiger partial charge is 0.384 e. The quantitative estimate of drug-likeness (QED) is 0.781. The maximum atomic E-state index is 6.06. The summed E-state index contributed by atoms with van der Waals surface area (Å²) >= 11 is 6.06. The Hall–Kier alpha value is -0.840. The average molecular weight is 227 g/mol. The summed E-state index contributed by atoms with van der Waals surface area (Å²) in [5.41, 5.74) is 6.51. The van der Waals surface area contributed by atoms with Crippen molar-refractivity contribution in [3.8, 4) is 0 Å². The third-order valence-corrected chi connectivity index (χ3v) is 2.87. The lowest BCUT2D eigenvalue weighted by Gasteiger charge is -2.27. The van der Waals surface area contributed by atoms with Crippen LogP contribution in [0.4, 0.5) is 5.82 Å². The molecule has 1 saturated heterocycles. The first-order chi connectivity index (χ1) is 7.25. The highest BCUT2D eigenvalue weighted by Gasteiger charge is 2.12. The van der Waals surface area contributed by atoms with Gasteiger partial charge in [0.1, 0.15) is 5.82 Å². The van der Waals surface area contributed by atoms with Crippen LogP contribution < -0.4 is 11.1 Å². The normalized spacial score (nSPS) is 17.9. The van der Waals surface area contributed by atoms with E-state index in [0.717, 1.165) is 38.4 Å². The molecule has 1 aliphatic rings. The lowest BCUT2D eigenvalue weighted by atomic mass is 10.3. The van der Waals surface area contributed by atoms with Gasteiger partial charge in [-0.25, -0.2) is 4.98 Å². The Morgan fingerprint density at radius 3 is 2.87 bits per heavy atom. The summed E-state index contributed by atoms with van der Waals surface area (Å²) in [4.78, 5) is 6.57. The number of aromatic nitrogens is 1. The van der Waals surface area contributed by atoms with Crippen LogP contribution in [-0.4, -0.2) is 36.1 Å². The number of rotatable bonds is 2. The van der Waals surface area contributed by atoms with Gasteiger partial charge < -0.3 is 11.1 Å². The number of halogens is 1. The van der Waals surface area contributed by atoms with E-state index in [9.17, 15) is 0 Å². The number of nitrogens with zero attached hydrogens (tertiary/aromatic N) is 2. The predicted octanol–water partition coefficient (Wildman–Crippen LogP) is 0.722. The lowest BCUT2D eigenvalue weighted by molar-refractivity contribution is 0.231. The number of pyridine rings is 1. The highest BCUT2D eigenvalue weighted by Crippen LogP contribution is 2.17. The summed E-state index contributed by atoms with van der Waals surface area (Å²) in [5.74, 6) is 0.532. The first-order valence-electron chi connectivity index (χ1n) is 5.09. The van der Waals surface area contributed by atoms with Gasteiger partial charge >= 0.3 is 0 Å². The lowest BCUT2D eigenvalue weighted by Crippen LogP contribution is -2.43. The average Bonchev–Trinajstić information content (AvgIpc) is 2.25. The van der Waals surface area contributed by atoms with Crippen LogP contribution in [0.5, 0.6) is 0 Å². The number of hydrogen-bond donors (Lipinski definition) is 2. The number of nitrogen functional groups attached to an aromatic ring is 1. The summed E-state index contributed by atoms with van der Waals surface area (Å²) in [6.45, 7) is 4.91. The van der Waals surface area contributed by atoms with Crippen molar-refractivity contribution in [2.75, 3.05) is 31.9 Å². The number of piperazine rings is 1. The molecule has 0 amide bonds. The Labute approximate surface area is 94.4 Å². The van der Waals surface area contributed by atoms with Crippen molar-refractivity contribution in [3.63, 3.8) is 0 Å². The minimum Gasteiger partial charge on any atom is -0.384 e. The van der Waals surface area contributed by atoms with E-state index in [-0.39, 0.29) is 0 Å². The topological polar surface area (TPSA) is 54.2 Å². The van der Waals surface area contributed by atoms with E-state index in [1.54, 1.807) is 12.1 Å². The molecule has 0 aliphatic carbocycles. The maximum Gasteiger partial charge on any atom is 0.123 e. The van der Waals surface area contributed by atoms with Crippen LogP contribution in [0.1, 0.15) is 5.69 Å². The van der Waals surface area contributed by atoms with E-state index in [1.807, 2.05) is 0 Å². The molecule has 1 aromatic rings. The zero-order valence-corrected chi connectivity index (χ0v) is 9.30. The van der Waals surface area contributed by atoms with Crippen LogP contribution in [0.15, 0.2) is 12.1 Å². The first kappa shape index (κ1) is 10.7. The van der Waals surface area contributed by atoms with Gasteiger partial charge in [0.15, 0.2) is 0 Å². The fourth-order valence-corrected chi connectivity index (χ4v) is 1.86. The number of nitrogens with one attached hydrogen (secondary N) is 1. The molecule has 82 valence electrons. The van der Waals surface area contributed by atoms with Crippen LogP contribution in [0.3, 0.4) is 0 Å². The van der Waals surface area contributed by atoms with Crippen molar-refractivity contribution in [3.05, 3.63) is 22.8 Å². The molecule has 0 atom stereocenters. The van der Waals surface area contributed by atoms with E-state index in [2.05, 4.69) is 15.2 Å². The molecule has 0 bridgehead atoms. The Morgan fingerprint density at radius 2 is 2.13 bits per heavy atom. The highest BCUT2D eigenvalue weighted by molar-refractivity contribution is 6.31. The van der Waals surface area contributed by atoms with Gasteiger partial charge in [0, 0.05) is 32.7 Å². The van der Waals surface area contributed by atoms with Crippen molar-refractivity contribution in [2.24, 2.45) is 0 Å². The van der Waals surface area contributed by atoms with E-state index in [1.165, 1.54) is 0 Å². The zero-order valence-electron chi connectivity index (χ0n) is 8.54. The highest BCUT2D eigenvalue weighted by atomic mass is 35.5. The molecule has 2 rings (SSSR count). The van der Waals surface area contributed by atoms with Gasteiger partial charge in [-0.05, 0) is 12.1 Å². The molecule has 4 nitrogen and oxygen atoms in total. The van der Waals surface area contributed by atoms with Gasteiger partial charge in [0.2, 0.25) is 0 Å². The van der Waals surface area contributed by atoms with Crippen molar-refractivity contribution in [2.45, 2.75) is 6.54 Å². The number of anilines is 1. The standard InChI is InChI=1S/C10H15ClN4/c11-8-1-2-10(12)14-9(8)7-15-5-3-13-4-6-15/h1-2,13H,3-7H2,(H2,12,14). The van der Waals surface area contributed by atoms with Gasteiger partial charge in [0.05, 0.1) is 10.7 Å². The third-order valence-electron chi connectivity index (χ3n) is 2.52. The monoisotopic (exact) mass is 226 g/mol. The molecule has 15 heavy (non-hydrogen) atoms.